The van der Waals surface area contributed by atoms with Gasteiger partial charge in [0.25, 0.3) is 5.91 Å². The summed E-state index contributed by atoms with van der Waals surface area (Å²) >= 11 is 0. The Hall–Kier alpha value is -3.62. The fraction of sp³-hybridized carbons (Fsp3) is 0.389. The Kier molecular flexibility index (Phi) is 4.92. The van der Waals surface area contributed by atoms with Crippen molar-refractivity contribution in [1.82, 2.24) is 25.4 Å². The van der Waals surface area contributed by atoms with Crippen LogP contribution >= 0.6 is 0 Å². The Bertz CT molecular complexity index is 1230. The average Bonchev–Trinajstić information content (AvgIpc) is 3.23. The van der Waals surface area contributed by atoms with E-state index in [1.54, 1.807) is 0 Å². The third-order valence-corrected chi connectivity index (χ3v) is 5.45. The van der Waals surface area contributed by atoms with Crippen LogP contribution in [-0.4, -0.2) is 50.2 Å². The van der Waals surface area contributed by atoms with Gasteiger partial charge in [-0.25, -0.2) is 14.7 Å². The monoisotopic (exact) mass is 472 g/mol. The number of fused-ring (bicyclic) bond motifs is 1. The molecule has 2 aromatic heterocycles. The molecule has 2 aliphatic heterocycles. The predicted molar refractivity (Wildman–Crippen MR) is 103 cm³/mol. The van der Waals surface area contributed by atoms with E-state index in [1.165, 1.54) is 25.3 Å². The fourth-order valence-corrected chi connectivity index (χ4v) is 3.68. The average molecular weight is 472 g/mol. The lowest BCUT2D eigenvalue weighted by Crippen LogP contribution is -2.57. The number of hydrogen-bond acceptors (Lipinski definition) is 7. The number of aliphatic imine (C=N–C) groups is 1. The first-order valence-electron chi connectivity index (χ1n) is 9.54. The maximum absolute atomic E-state index is 13.5. The van der Waals surface area contributed by atoms with Gasteiger partial charge in [0.05, 0.1) is 11.3 Å². The highest BCUT2D eigenvalue weighted by Crippen LogP contribution is 2.39. The highest BCUT2D eigenvalue weighted by molar-refractivity contribution is 6.11. The van der Waals surface area contributed by atoms with E-state index in [-0.39, 0.29) is 34.0 Å². The Morgan fingerprint density at radius 2 is 1.97 bits per heavy atom. The molecule has 176 valence electrons. The molecule has 0 aliphatic carbocycles. The first-order valence-corrected chi connectivity index (χ1v) is 9.54. The molecule has 10 nitrogen and oxygen atoms in total. The van der Waals surface area contributed by atoms with Crippen LogP contribution in [-0.2, 0) is 16.1 Å². The van der Waals surface area contributed by atoms with Gasteiger partial charge in [0.2, 0.25) is 11.6 Å². The molecule has 0 fully saturated rings. The van der Waals surface area contributed by atoms with Gasteiger partial charge >= 0.3 is 12.1 Å². The van der Waals surface area contributed by atoms with Gasteiger partial charge in [-0.1, -0.05) is 0 Å². The predicted octanol–water partition coefficient (Wildman–Crippen LogP) is 0.487. The molecule has 2 aromatic rings. The second-order valence-electron chi connectivity index (χ2n) is 7.61. The van der Waals surface area contributed by atoms with Gasteiger partial charge in [-0.05, 0) is 19.1 Å². The van der Waals surface area contributed by atoms with Gasteiger partial charge in [-0.2, -0.15) is 27.1 Å². The highest BCUT2D eigenvalue weighted by atomic mass is 19.4. The van der Waals surface area contributed by atoms with Gasteiger partial charge in [0, 0.05) is 24.7 Å². The molecular weight excluding hydrogens is 455 g/mol. The van der Waals surface area contributed by atoms with Crippen molar-refractivity contribution in [2.45, 2.75) is 37.7 Å². The SMILES string of the molecule is CC1C(=O)NC2=C1C(N)(C(N)=O)N=C(c1nn(CCC(F)(F)C(F)(F)F)c3ncccc13)N2. The summed E-state index contributed by atoms with van der Waals surface area (Å²) in [7, 11) is 0. The van der Waals surface area contributed by atoms with Crippen molar-refractivity contribution in [2.24, 2.45) is 22.4 Å². The number of amides is 2. The molecule has 2 aliphatic rings. The highest BCUT2D eigenvalue weighted by Gasteiger charge is 2.57. The summed E-state index contributed by atoms with van der Waals surface area (Å²) in [6.45, 7) is 0.678. The van der Waals surface area contributed by atoms with Crippen LogP contribution in [0.2, 0.25) is 0 Å². The Morgan fingerprint density at radius 1 is 1.27 bits per heavy atom. The van der Waals surface area contributed by atoms with E-state index in [0.29, 0.717) is 0 Å². The molecule has 2 unspecified atom stereocenters. The van der Waals surface area contributed by atoms with E-state index >= 15 is 0 Å². The number of carbonyl (C=O) groups excluding carboxylic acids is 2. The molecule has 2 atom stereocenters. The first-order chi connectivity index (χ1) is 15.3. The number of primary amides is 1. The minimum absolute atomic E-state index is 0.000253. The zero-order valence-corrected chi connectivity index (χ0v) is 16.9. The van der Waals surface area contributed by atoms with E-state index in [0.717, 1.165) is 4.68 Å². The largest absolute Gasteiger partial charge is 0.453 e. The number of rotatable bonds is 5. The Morgan fingerprint density at radius 3 is 2.61 bits per heavy atom. The van der Waals surface area contributed by atoms with Crippen LogP contribution in [0.25, 0.3) is 11.0 Å². The number of nitrogens with two attached hydrogens (primary N) is 2. The van der Waals surface area contributed by atoms with Crippen LogP contribution in [0.1, 0.15) is 19.0 Å². The number of halogens is 5. The maximum Gasteiger partial charge on any atom is 0.453 e. The fourth-order valence-electron chi connectivity index (χ4n) is 3.68. The van der Waals surface area contributed by atoms with Crippen molar-refractivity contribution < 1.29 is 31.5 Å². The number of nitrogens with one attached hydrogen (secondary N) is 2. The summed E-state index contributed by atoms with van der Waals surface area (Å²) in [5, 5.41) is 9.62. The van der Waals surface area contributed by atoms with Crippen molar-refractivity contribution in [3.05, 3.63) is 35.4 Å². The zero-order valence-electron chi connectivity index (χ0n) is 16.9. The molecule has 0 spiro atoms. The molecule has 4 heterocycles. The first kappa shape index (κ1) is 22.6. The summed E-state index contributed by atoms with van der Waals surface area (Å²) in [6.07, 6.45) is -5.99. The summed E-state index contributed by atoms with van der Waals surface area (Å²) in [6, 6.07) is 2.97. The molecule has 0 radical (unpaired) electrons. The molecule has 0 saturated carbocycles. The van der Waals surface area contributed by atoms with Crippen LogP contribution in [0, 0.1) is 5.92 Å². The number of nitrogens with zero attached hydrogens (tertiary/aromatic N) is 4. The third kappa shape index (κ3) is 3.48. The smallest absolute Gasteiger partial charge is 0.366 e. The third-order valence-electron chi connectivity index (χ3n) is 5.45. The number of aromatic nitrogens is 3. The molecule has 0 aromatic carbocycles. The van der Waals surface area contributed by atoms with E-state index < -0.39 is 48.5 Å². The molecule has 0 bridgehead atoms. The second kappa shape index (κ2) is 7.19. The maximum atomic E-state index is 13.5. The van der Waals surface area contributed by atoms with Crippen molar-refractivity contribution in [1.29, 1.82) is 0 Å². The van der Waals surface area contributed by atoms with Crippen molar-refractivity contribution >= 4 is 28.7 Å². The Labute approximate surface area is 181 Å². The van der Waals surface area contributed by atoms with Crippen LogP contribution in [0.3, 0.4) is 0 Å². The van der Waals surface area contributed by atoms with Crippen molar-refractivity contribution in [2.75, 3.05) is 0 Å². The lowest BCUT2D eigenvalue weighted by atomic mass is 9.89. The van der Waals surface area contributed by atoms with Gasteiger partial charge in [-0.15, -0.1) is 0 Å². The molecule has 0 saturated heterocycles. The van der Waals surface area contributed by atoms with Gasteiger partial charge in [-0.3, -0.25) is 15.3 Å². The normalized spacial score (nSPS) is 23.3. The lowest BCUT2D eigenvalue weighted by molar-refractivity contribution is -0.285. The zero-order chi connectivity index (χ0) is 24.3. The van der Waals surface area contributed by atoms with Gasteiger partial charge in [0.15, 0.2) is 11.5 Å². The molecular formula is C18H17F5N8O2. The summed E-state index contributed by atoms with van der Waals surface area (Å²) in [4.78, 5) is 32.5. The summed E-state index contributed by atoms with van der Waals surface area (Å²) < 4.78 is 65.5. The number of amidine groups is 1. The number of alkyl halides is 5. The number of aryl methyl sites for hydroxylation is 1. The molecule has 6 N–H and O–H groups in total. The number of pyridine rings is 1. The van der Waals surface area contributed by atoms with Crippen LogP contribution < -0.4 is 22.1 Å². The summed E-state index contributed by atoms with van der Waals surface area (Å²) in [5.74, 6) is -7.38. The van der Waals surface area contributed by atoms with Crippen molar-refractivity contribution in [3.63, 3.8) is 0 Å². The quantitative estimate of drug-likeness (QED) is 0.465. The lowest BCUT2D eigenvalue weighted by Gasteiger charge is -2.30. The summed E-state index contributed by atoms with van der Waals surface area (Å²) in [5.41, 5.74) is 9.56. The van der Waals surface area contributed by atoms with Crippen LogP contribution in [0.4, 0.5) is 22.0 Å². The van der Waals surface area contributed by atoms with Crippen LogP contribution in [0.5, 0.6) is 0 Å². The van der Waals surface area contributed by atoms with E-state index in [2.05, 4.69) is 25.7 Å². The van der Waals surface area contributed by atoms with E-state index in [4.69, 9.17) is 11.5 Å². The van der Waals surface area contributed by atoms with Gasteiger partial charge in [0.1, 0.15) is 11.5 Å². The van der Waals surface area contributed by atoms with Gasteiger partial charge < -0.3 is 16.4 Å². The van der Waals surface area contributed by atoms with E-state index in [1.807, 2.05) is 0 Å². The van der Waals surface area contributed by atoms with Crippen molar-refractivity contribution in [3.8, 4) is 0 Å². The molecule has 33 heavy (non-hydrogen) atoms. The number of carbonyl (C=O) groups is 2. The van der Waals surface area contributed by atoms with E-state index in [9.17, 15) is 31.5 Å². The molecule has 15 heteroatoms. The Balaban J connectivity index is 1.78. The number of hydrogen-bond donors (Lipinski definition) is 4. The topological polar surface area (TPSA) is 153 Å². The minimum atomic E-state index is -5.72. The second-order valence-corrected chi connectivity index (χ2v) is 7.61. The molecule has 4 rings (SSSR count). The van der Waals surface area contributed by atoms with Crippen LogP contribution in [0.15, 0.2) is 34.7 Å². The molecule has 2 amide bonds. The standard InChI is InChI=1S/C18H17F5N8O2/c1-7-9-11(28-14(7)32)27-12(29-17(9,25)15(24)33)10-8-3-2-5-26-13(8)31(30-10)6-4-16(19,20)18(21,22)23/h2-3,5,7H,4,6,25H2,1H3,(H2,24,33)(H,27,29)(H,28,32). The minimum Gasteiger partial charge on any atom is -0.366 e.